The molecule has 0 atom stereocenters. The van der Waals surface area contributed by atoms with Crippen LogP contribution in [-0.2, 0) is 11.3 Å². The summed E-state index contributed by atoms with van der Waals surface area (Å²) in [5, 5.41) is 12.7. The van der Waals surface area contributed by atoms with E-state index < -0.39 is 11.7 Å². The molecule has 9 heteroatoms. The predicted molar refractivity (Wildman–Crippen MR) is 144 cm³/mol. The molecule has 0 saturated heterocycles. The molecule has 1 aliphatic rings. The van der Waals surface area contributed by atoms with Crippen molar-refractivity contribution in [3.63, 3.8) is 0 Å². The number of aromatic nitrogens is 1. The highest BCUT2D eigenvalue weighted by molar-refractivity contribution is 6.03. The first kappa shape index (κ1) is 29.8. The van der Waals surface area contributed by atoms with Gasteiger partial charge in [0, 0.05) is 25.4 Å². The van der Waals surface area contributed by atoms with Crippen LogP contribution in [0.15, 0.2) is 46.3 Å². The molecule has 1 aliphatic carbocycles. The summed E-state index contributed by atoms with van der Waals surface area (Å²) in [6, 6.07) is 9.48. The molecule has 3 rings (SSSR count). The van der Waals surface area contributed by atoms with Crippen molar-refractivity contribution < 1.29 is 9.53 Å². The normalized spacial score (nSPS) is 13.7. The molecule has 1 heterocycles. The molecular weight excluding hydrogens is 456 g/mol. The van der Waals surface area contributed by atoms with Gasteiger partial charge in [-0.2, -0.15) is 0 Å². The SMILES string of the molecule is C#C.C#N.CC(C)(C)OC(=O)NCc1cccc(N=C(N)c2c(NC3CCCCC3)cc[nH]c2=O)c1. The van der Waals surface area contributed by atoms with Crippen molar-refractivity contribution in [1.82, 2.24) is 10.3 Å². The number of aliphatic imine (C=N–C) groups is 1. The number of anilines is 1. The Morgan fingerprint density at radius 2 is 1.86 bits per heavy atom. The average Bonchev–Trinajstić information content (AvgIpc) is 2.85. The molecule has 5 N–H and O–H groups in total. The molecule has 36 heavy (non-hydrogen) atoms. The molecule has 0 spiro atoms. The van der Waals surface area contributed by atoms with Crippen LogP contribution < -0.4 is 21.9 Å². The Hall–Kier alpha value is -4.24. The van der Waals surface area contributed by atoms with Crippen LogP contribution in [0.25, 0.3) is 0 Å². The lowest BCUT2D eigenvalue weighted by molar-refractivity contribution is 0.0523. The van der Waals surface area contributed by atoms with Gasteiger partial charge in [0.15, 0.2) is 0 Å². The second-order valence-corrected chi connectivity index (χ2v) is 9.10. The number of nitrogens with one attached hydrogen (secondary N) is 3. The minimum Gasteiger partial charge on any atom is -0.444 e. The van der Waals surface area contributed by atoms with Crippen LogP contribution in [0, 0.1) is 24.7 Å². The van der Waals surface area contributed by atoms with Crippen molar-refractivity contribution in [3.8, 4) is 19.4 Å². The van der Waals surface area contributed by atoms with Gasteiger partial charge in [0.2, 0.25) is 0 Å². The largest absolute Gasteiger partial charge is 0.444 e. The van der Waals surface area contributed by atoms with E-state index in [1.165, 1.54) is 19.3 Å². The van der Waals surface area contributed by atoms with Gasteiger partial charge in [-0.1, -0.05) is 31.4 Å². The summed E-state index contributed by atoms with van der Waals surface area (Å²) in [7, 11) is 0. The summed E-state index contributed by atoms with van der Waals surface area (Å²) >= 11 is 0. The van der Waals surface area contributed by atoms with Crippen LogP contribution in [0.1, 0.15) is 64.0 Å². The van der Waals surface area contributed by atoms with E-state index in [9.17, 15) is 9.59 Å². The number of alkyl carbamates (subject to hydrolysis) is 1. The van der Waals surface area contributed by atoms with Crippen LogP contribution >= 0.6 is 0 Å². The lowest BCUT2D eigenvalue weighted by Gasteiger charge is -2.24. The fraction of sp³-hybridized carbons (Fsp3) is 0.407. The first-order valence-corrected chi connectivity index (χ1v) is 11.7. The van der Waals surface area contributed by atoms with Gasteiger partial charge >= 0.3 is 6.09 Å². The molecule has 0 radical (unpaired) electrons. The Balaban J connectivity index is 0.00000154. The molecule has 9 nitrogen and oxygen atoms in total. The highest BCUT2D eigenvalue weighted by Crippen LogP contribution is 2.23. The van der Waals surface area contributed by atoms with E-state index in [2.05, 4.69) is 40.0 Å². The topological polar surface area (TPSA) is 145 Å². The van der Waals surface area contributed by atoms with E-state index in [0.29, 0.717) is 29.5 Å². The number of terminal acetylenes is 1. The minimum absolute atomic E-state index is 0.141. The Kier molecular flexibility index (Phi) is 12.3. The number of ether oxygens (including phenoxy) is 1. The maximum atomic E-state index is 12.6. The molecule has 1 aromatic carbocycles. The van der Waals surface area contributed by atoms with Crippen molar-refractivity contribution in [3.05, 3.63) is 58.0 Å². The predicted octanol–water partition coefficient (Wildman–Crippen LogP) is 4.57. The van der Waals surface area contributed by atoms with E-state index in [-0.39, 0.29) is 11.4 Å². The van der Waals surface area contributed by atoms with Crippen LogP contribution in [0.2, 0.25) is 0 Å². The standard InChI is InChI=1S/C24H33N5O3.C2H2.CHN/c1-24(2,3)32-23(31)27-15-16-8-7-11-18(14-16)29-21(25)20-19(12-13-26-22(20)30)28-17-9-5-4-6-10-17;2*1-2/h7-8,11-14,17H,4-6,9-10,15H2,1-3H3,(H2,25,29)(H,27,31)(H2,26,28,30);1-2H;1H. The molecule has 192 valence electrons. The van der Waals surface area contributed by atoms with Crippen molar-refractivity contribution in [2.24, 2.45) is 10.7 Å². The highest BCUT2D eigenvalue weighted by Gasteiger charge is 2.18. The van der Waals surface area contributed by atoms with Gasteiger partial charge in [-0.3, -0.25) is 4.79 Å². The van der Waals surface area contributed by atoms with Gasteiger partial charge in [0.1, 0.15) is 17.0 Å². The number of amidine groups is 1. The van der Waals surface area contributed by atoms with Gasteiger partial charge < -0.3 is 26.1 Å². The Bertz CT molecular complexity index is 1100. The number of hydrogen-bond donors (Lipinski definition) is 4. The highest BCUT2D eigenvalue weighted by atomic mass is 16.6. The zero-order chi connectivity index (χ0) is 27.1. The van der Waals surface area contributed by atoms with Gasteiger partial charge in [0.25, 0.3) is 5.56 Å². The van der Waals surface area contributed by atoms with Crippen LogP contribution in [-0.4, -0.2) is 28.6 Å². The molecule has 1 saturated carbocycles. The van der Waals surface area contributed by atoms with E-state index in [0.717, 1.165) is 18.4 Å². The summed E-state index contributed by atoms with van der Waals surface area (Å²) in [5.41, 5.74) is 7.91. The number of nitriles is 1. The molecule has 1 fully saturated rings. The summed E-state index contributed by atoms with van der Waals surface area (Å²) in [6.45, 7) is 9.23. The average molecular weight is 493 g/mol. The van der Waals surface area contributed by atoms with Gasteiger partial charge in [-0.05, 0) is 57.4 Å². The summed E-state index contributed by atoms with van der Waals surface area (Å²) in [5.74, 6) is 0.141. The lowest BCUT2D eigenvalue weighted by Crippen LogP contribution is -2.32. The van der Waals surface area contributed by atoms with Crippen molar-refractivity contribution >= 4 is 23.3 Å². The Morgan fingerprint density at radius 1 is 1.19 bits per heavy atom. The van der Waals surface area contributed by atoms with E-state index >= 15 is 0 Å². The molecule has 1 aromatic heterocycles. The number of hydrogen-bond acceptors (Lipinski definition) is 6. The quantitative estimate of drug-likeness (QED) is 0.264. The first-order valence-electron chi connectivity index (χ1n) is 11.7. The molecule has 0 bridgehead atoms. The van der Waals surface area contributed by atoms with Gasteiger partial charge in [-0.15, -0.1) is 12.8 Å². The number of pyridine rings is 1. The molecule has 1 amide bonds. The van der Waals surface area contributed by atoms with Crippen molar-refractivity contribution in [2.75, 3.05) is 5.32 Å². The van der Waals surface area contributed by atoms with E-state index in [1.54, 1.807) is 12.3 Å². The fourth-order valence-electron chi connectivity index (χ4n) is 3.74. The van der Waals surface area contributed by atoms with E-state index in [4.69, 9.17) is 15.7 Å². The number of H-pyrrole nitrogens is 1. The maximum absolute atomic E-state index is 12.6. The number of carbonyl (C=O) groups excluding carboxylic acids is 1. The second kappa shape index (κ2) is 14.9. The third-order valence-electron chi connectivity index (χ3n) is 5.18. The van der Waals surface area contributed by atoms with E-state index in [1.807, 2.05) is 45.0 Å². The fourth-order valence-corrected chi connectivity index (χ4v) is 3.74. The zero-order valence-electron chi connectivity index (χ0n) is 21.2. The number of nitrogens with two attached hydrogens (primary N) is 1. The Morgan fingerprint density at radius 3 is 2.50 bits per heavy atom. The molecule has 0 aliphatic heterocycles. The van der Waals surface area contributed by atoms with Crippen LogP contribution in [0.4, 0.5) is 16.2 Å². The monoisotopic (exact) mass is 492 g/mol. The summed E-state index contributed by atoms with van der Waals surface area (Å²) < 4.78 is 5.26. The zero-order valence-corrected chi connectivity index (χ0v) is 21.2. The van der Waals surface area contributed by atoms with Crippen LogP contribution in [0.5, 0.6) is 0 Å². The van der Waals surface area contributed by atoms with Crippen LogP contribution in [0.3, 0.4) is 0 Å². The third-order valence-corrected chi connectivity index (χ3v) is 5.18. The number of rotatable bonds is 6. The molecule has 0 unspecified atom stereocenters. The van der Waals surface area contributed by atoms with Gasteiger partial charge in [0.05, 0.1) is 11.4 Å². The maximum Gasteiger partial charge on any atom is 0.407 e. The first-order chi connectivity index (χ1) is 17.2. The second-order valence-electron chi connectivity index (χ2n) is 9.10. The summed E-state index contributed by atoms with van der Waals surface area (Å²) in [6.07, 6.45) is 14.9. The molecule has 2 aromatic rings. The number of carbonyl (C=O) groups is 1. The lowest BCUT2D eigenvalue weighted by atomic mass is 9.95. The number of nitrogens with zero attached hydrogens (tertiary/aromatic N) is 2. The summed E-state index contributed by atoms with van der Waals surface area (Å²) in [4.78, 5) is 31.6. The van der Waals surface area contributed by atoms with Crippen molar-refractivity contribution in [1.29, 1.82) is 5.26 Å². The van der Waals surface area contributed by atoms with Crippen molar-refractivity contribution in [2.45, 2.75) is 71.1 Å². The number of amides is 1. The van der Waals surface area contributed by atoms with Gasteiger partial charge in [-0.25, -0.2) is 15.0 Å². The smallest absolute Gasteiger partial charge is 0.407 e. The minimum atomic E-state index is -0.559. The Labute approximate surface area is 213 Å². The third kappa shape index (κ3) is 9.94. The number of aromatic amines is 1. The number of benzene rings is 1. The molecular formula is C27H36N6O3.